The van der Waals surface area contributed by atoms with Gasteiger partial charge < -0.3 is 14.2 Å². The number of hydrogen-bond acceptors (Lipinski definition) is 6. The minimum atomic E-state index is -0.719. The van der Waals surface area contributed by atoms with Gasteiger partial charge in [-0.1, -0.05) is 13.8 Å². The van der Waals surface area contributed by atoms with Crippen LogP contribution in [0, 0.1) is 34.5 Å². The Morgan fingerprint density at radius 2 is 2.03 bits per heavy atom. The van der Waals surface area contributed by atoms with Crippen LogP contribution in [-0.2, 0) is 23.8 Å². The highest BCUT2D eigenvalue weighted by molar-refractivity contribution is 5.78. The largest absolute Gasteiger partial charge is 0.462 e. The standard InChI is InChI=1S/C24H35NO5/c1-5-25-12-22(3)8-7-18(28-4)24-15-10-14-6-9-23(30-13(2)26,19(15)21(27)29-14)16(20(24)25)11-17(22)24/h14-20H,5-12H2,1-4H3/t14-,15+,16-,17+,18-,19+,20+,22-,23-,24+/m0/s1. The van der Waals surface area contributed by atoms with Crippen molar-refractivity contribution in [2.75, 3.05) is 20.2 Å². The van der Waals surface area contributed by atoms with Crippen LogP contribution < -0.4 is 0 Å². The normalized spacial score (nSPS) is 55.7. The molecule has 4 saturated carbocycles. The van der Waals surface area contributed by atoms with Crippen LogP contribution in [-0.4, -0.2) is 60.9 Å². The van der Waals surface area contributed by atoms with Gasteiger partial charge in [0.1, 0.15) is 17.6 Å². The van der Waals surface area contributed by atoms with E-state index in [4.69, 9.17) is 14.2 Å². The number of esters is 2. The zero-order valence-electron chi connectivity index (χ0n) is 18.7. The Balaban J connectivity index is 1.63. The Labute approximate surface area is 179 Å². The van der Waals surface area contributed by atoms with E-state index in [1.54, 1.807) is 0 Å². The molecule has 0 amide bonds. The predicted molar refractivity (Wildman–Crippen MR) is 108 cm³/mol. The second-order valence-corrected chi connectivity index (χ2v) is 11.3. The number of carbonyl (C=O) groups is 2. The lowest BCUT2D eigenvalue weighted by Crippen LogP contribution is -2.76. The zero-order chi connectivity index (χ0) is 21.1. The summed E-state index contributed by atoms with van der Waals surface area (Å²) in [5.41, 5.74) is -0.538. The van der Waals surface area contributed by atoms with Crippen LogP contribution in [0.15, 0.2) is 0 Å². The molecule has 0 aromatic heterocycles. The summed E-state index contributed by atoms with van der Waals surface area (Å²) in [5, 5.41) is 0. The Morgan fingerprint density at radius 3 is 2.73 bits per heavy atom. The summed E-state index contributed by atoms with van der Waals surface area (Å²) >= 11 is 0. The SMILES string of the molecule is CCN1C[C@]2(C)CC[C@H](OC)[C@@]34[C@@H]5C[C@@H]6CC[C@](OC(C)=O)([C@@H](C[C@H]23)[C@@H]14)[C@H]5C(=O)O6. The average molecular weight is 418 g/mol. The minimum absolute atomic E-state index is 0.0446. The molecule has 3 aliphatic heterocycles. The quantitative estimate of drug-likeness (QED) is 0.658. The van der Waals surface area contributed by atoms with Crippen molar-refractivity contribution in [2.45, 2.75) is 83.1 Å². The van der Waals surface area contributed by atoms with Crippen molar-refractivity contribution in [3.05, 3.63) is 0 Å². The average Bonchev–Trinajstić information content (AvgIpc) is 2.75. The monoisotopic (exact) mass is 417 g/mol. The van der Waals surface area contributed by atoms with Crippen molar-refractivity contribution in [2.24, 2.45) is 34.5 Å². The highest BCUT2D eigenvalue weighted by atomic mass is 16.6. The first-order valence-corrected chi connectivity index (χ1v) is 12.0. The summed E-state index contributed by atoms with van der Waals surface area (Å²) in [6.45, 7) is 8.33. The van der Waals surface area contributed by atoms with E-state index in [1.807, 2.05) is 7.11 Å². The number of rotatable bonds is 3. The number of nitrogens with zero attached hydrogens (tertiary/aromatic N) is 1. The van der Waals surface area contributed by atoms with Gasteiger partial charge in [0.25, 0.3) is 0 Å². The predicted octanol–water partition coefficient (Wildman–Crippen LogP) is 2.79. The third-order valence-electron chi connectivity index (χ3n) is 10.5. The fourth-order valence-corrected chi connectivity index (χ4v) is 9.96. The highest BCUT2D eigenvalue weighted by Crippen LogP contribution is 2.77. The number of piperidine rings is 1. The van der Waals surface area contributed by atoms with Crippen molar-refractivity contribution in [3.8, 4) is 0 Å². The molecule has 3 heterocycles. The minimum Gasteiger partial charge on any atom is -0.462 e. The lowest BCUT2D eigenvalue weighted by molar-refractivity contribution is -0.271. The highest BCUT2D eigenvalue weighted by Gasteiger charge is 2.82. The molecule has 0 aromatic rings. The van der Waals surface area contributed by atoms with Crippen molar-refractivity contribution >= 4 is 11.9 Å². The number of methoxy groups -OCH3 is 1. The topological polar surface area (TPSA) is 65.1 Å². The fraction of sp³-hybridized carbons (Fsp3) is 0.917. The van der Waals surface area contributed by atoms with Crippen LogP contribution in [0.5, 0.6) is 0 Å². The third-order valence-corrected chi connectivity index (χ3v) is 10.5. The van der Waals surface area contributed by atoms with Crippen LogP contribution in [0.25, 0.3) is 0 Å². The van der Waals surface area contributed by atoms with Gasteiger partial charge >= 0.3 is 11.9 Å². The molecule has 1 spiro atoms. The number of ether oxygens (including phenoxy) is 3. The van der Waals surface area contributed by atoms with Crippen molar-refractivity contribution in [3.63, 3.8) is 0 Å². The molecular weight excluding hydrogens is 382 g/mol. The molecule has 4 aliphatic carbocycles. The zero-order valence-corrected chi connectivity index (χ0v) is 18.7. The van der Waals surface area contributed by atoms with E-state index in [-0.39, 0.29) is 52.7 Å². The van der Waals surface area contributed by atoms with Crippen LogP contribution in [0.1, 0.15) is 59.3 Å². The maximum Gasteiger partial charge on any atom is 0.313 e. The van der Waals surface area contributed by atoms with Crippen molar-refractivity contribution in [1.82, 2.24) is 4.90 Å². The molecule has 7 fully saturated rings. The summed E-state index contributed by atoms with van der Waals surface area (Å²) in [6, 6.07) is 0.316. The molecule has 6 heteroatoms. The van der Waals surface area contributed by atoms with E-state index in [9.17, 15) is 9.59 Å². The van der Waals surface area contributed by atoms with Crippen LogP contribution >= 0.6 is 0 Å². The molecule has 3 saturated heterocycles. The molecule has 6 nitrogen and oxygen atoms in total. The van der Waals surface area contributed by atoms with Gasteiger partial charge in [-0.15, -0.1) is 0 Å². The van der Waals surface area contributed by atoms with Gasteiger partial charge in [-0.25, -0.2) is 0 Å². The van der Waals surface area contributed by atoms with E-state index >= 15 is 0 Å². The fourth-order valence-electron chi connectivity index (χ4n) is 9.96. The van der Waals surface area contributed by atoms with Gasteiger partial charge in [0.2, 0.25) is 0 Å². The maximum atomic E-state index is 13.4. The molecule has 0 unspecified atom stereocenters. The molecule has 0 radical (unpaired) electrons. The molecule has 9 bridgehead atoms. The molecule has 7 aliphatic rings. The molecular formula is C24H35NO5. The Morgan fingerprint density at radius 1 is 1.23 bits per heavy atom. The van der Waals surface area contributed by atoms with Gasteiger partial charge in [0.15, 0.2) is 0 Å². The smallest absolute Gasteiger partial charge is 0.313 e. The number of hydrogen-bond donors (Lipinski definition) is 0. The summed E-state index contributed by atoms with van der Waals surface area (Å²) in [7, 11) is 1.86. The second-order valence-electron chi connectivity index (χ2n) is 11.3. The molecule has 30 heavy (non-hydrogen) atoms. The van der Waals surface area contributed by atoms with Crippen LogP contribution in [0.2, 0.25) is 0 Å². The maximum absolute atomic E-state index is 13.4. The summed E-state index contributed by atoms with van der Waals surface area (Å²) in [6.07, 6.45) is 5.83. The number of fused-ring (bicyclic) bond motifs is 2. The first-order valence-electron chi connectivity index (χ1n) is 12.0. The van der Waals surface area contributed by atoms with Gasteiger partial charge in [-0.3, -0.25) is 14.5 Å². The van der Waals surface area contributed by atoms with Crippen molar-refractivity contribution < 1.29 is 23.8 Å². The summed E-state index contributed by atoms with van der Waals surface area (Å²) < 4.78 is 18.5. The van der Waals surface area contributed by atoms with Crippen molar-refractivity contribution in [1.29, 1.82) is 0 Å². The first-order chi connectivity index (χ1) is 14.3. The van der Waals surface area contributed by atoms with Crippen LogP contribution in [0.4, 0.5) is 0 Å². The van der Waals surface area contributed by atoms with Gasteiger partial charge in [0, 0.05) is 38.0 Å². The Bertz CT molecular complexity index is 800. The number of carbonyl (C=O) groups excluding carboxylic acids is 2. The molecule has 0 N–H and O–H groups in total. The lowest BCUT2D eigenvalue weighted by atomic mass is 9.42. The third kappa shape index (κ3) is 2.00. The second kappa shape index (κ2) is 6.00. The summed E-state index contributed by atoms with van der Waals surface area (Å²) in [5.74, 6) is 0.126. The first kappa shape index (κ1) is 19.5. The van der Waals surface area contributed by atoms with E-state index < -0.39 is 5.60 Å². The Kier molecular flexibility index (Phi) is 3.91. The van der Waals surface area contributed by atoms with Gasteiger partial charge in [-0.2, -0.15) is 0 Å². The van der Waals surface area contributed by atoms with Crippen LogP contribution in [0.3, 0.4) is 0 Å². The van der Waals surface area contributed by atoms with Gasteiger partial charge in [-0.05, 0) is 62.3 Å². The van der Waals surface area contributed by atoms with E-state index in [0.717, 1.165) is 45.2 Å². The van der Waals surface area contributed by atoms with E-state index in [0.29, 0.717) is 12.0 Å². The molecule has 7 rings (SSSR count). The molecule has 166 valence electrons. The van der Waals surface area contributed by atoms with E-state index in [2.05, 4.69) is 18.7 Å². The van der Waals surface area contributed by atoms with E-state index in [1.165, 1.54) is 13.3 Å². The summed E-state index contributed by atoms with van der Waals surface area (Å²) in [4.78, 5) is 28.5. The Hall–Kier alpha value is -1.14. The molecule has 10 atom stereocenters. The lowest BCUT2D eigenvalue weighted by Gasteiger charge is -2.69. The molecule has 0 aromatic carbocycles. The van der Waals surface area contributed by atoms with Gasteiger partial charge in [0.05, 0.1) is 6.10 Å². The number of likely N-dealkylation sites (tertiary alicyclic amines) is 1.